The molecule has 0 spiro atoms. The van der Waals surface area contributed by atoms with Crippen LogP contribution in [0.3, 0.4) is 0 Å². The monoisotopic (exact) mass is 434 g/mol. The lowest BCUT2D eigenvalue weighted by molar-refractivity contribution is -0.0559. The number of likely N-dealkylation sites (tertiary alicyclic amines) is 1. The van der Waals surface area contributed by atoms with E-state index in [1.807, 2.05) is 0 Å². The molecular weight excluding hydrogens is 405 g/mol. The van der Waals surface area contributed by atoms with Crippen molar-refractivity contribution in [3.05, 3.63) is 29.3 Å². The number of carbonyl (C=O) groups is 1. The number of nitrogens with zero attached hydrogens (tertiary/aromatic N) is 3. The molecule has 5 rings (SSSR count). The van der Waals surface area contributed by atoms with Crippen LogP contribution in [0.15, 0.2) is 12.1 Å². The summed E-state index contributed by atoms with van der Waals surface area (Å²) in [6.45, 7) is 4.31. The minimum Gasteiger partial charge on any atom is -0.350 e. The molecule has 5 nitrogen and oxygen atoms in total. The van der Waals surface area contributed by atoms with E-state index >= 15 is 0 Å². The number of rotatable bonds is 3. The fourth-order valence-corrected chi connectivity index (χ4v) is 5.68. The van der Waals surface area contributed by atoms with Gasteiger partial charge in [-0.3, -0.25) is 4.79 Å². The SMILES string of the molecule is CCC1CNC(=O)c2cc(F)cc3nc(C4CCN(C5CCC(F)(F)CC5)CC4)n1c23. The quantitative estimate of drug-likeness (QED) is 0.767. The number of hydrogen-bond donors (Lipinski definition) is 1. The Bertz CT molecular complexity index is 986. The minimum atomic E-state index is -2.50. The van der Waals surface area contributed by atoms with Crippen LogP contribution in [0.5, 0.6) is 0 Å². The zero-order valence-corrected chi connectivity index (χ0v) is 17.8. The number of piperidine rings is 1. The Morgan fingerprint density at radius 3 is 2.55 bits per heavy atom. The molecule has 1 N–H and O–H groups in total. The molecule has 8 heteroatoms. The second-order valence-electron chi connectivity index (χ2n) is 9.33. The zero-order valence-electron chi connectivity index (χ0n) is 17.8. The maximum atomic E-state index is 14.2. The summed E-state index contributed by atoms with van der Waals surface area (Å²) in [4.78, 5) is 19.8. The molecule has 0 radical (unpaired) electrons. The highest BCUT2D eigenvalue weighted by Gasteiger charge is 2.38. The van der Waals surface area contributed by atoms with Crippen molar-refractivity contribution in [2.24, 2.45) is 0 Å². The molecule has 1 unspecified atom stereocenters. The summed E-state index contributed by atoms with van der Waals surface area (Å²) in [7, 11) is 0. The van der Waals surface area contributed by atoms with E-state index in [2.05, 4.69) is 21.7 Å². The Morgan fingerprint density at radius 1 is 1.16 bits per heavy atom. The van der Waals surface area contributed by atoms with Gasteiger partial charge in [0.25, 0.3) is 5.91 Å². The van der Waals surface area contributed by atoms with Gasteiger partial charge in [-0.05, 0) is 51.3 Å². The van der Waals surface area contributed by atoms with Crippen LogP contribution in [0.1, 0.15) is 80.0 Å². The van der Waals surface area contributed by atoms with Crippen molar-refractivity contribution < 1.29 is 18.0 Å². The van der Waals surface area contributed by atoms with Gasteiger partial charge in [0, 0.05) is 37.4 Å². The van der Waals surface area contributed by atoms with Gasteiger partial charge in [0.15, 0.2) is 0 Å². The van der Waals surface area contributed by atoms with Crippen molar-refractivity contribution in [3.8, 4) is 0 Å². The molecule has 2 fully saturated rings. The molecule has 1 aliphatic carbocycles. The fraction of sp³-hybridized carbons (Fsp3) is 0.652. The molecule has 3 aliphatic rings. The van der Waals surface area contributed by atoms with E-state index in [-0.39, 0.29) is 36.8 Å². The van der Waals surface area contributed by atoms with Gasteiger partial charge in [-0.2, -0.15) is 0 Å². The largest absolute Gasteiger partial charge is 0.350 e. The highest BCUT2D eigenvalue weighted by molar-refractivity contribution is 6.05. The number of halogens is 3. The second kappa shape index (κ2) is 7.80. The zero-order chi connectivity index (χ0) is 21.8. The predicted octanol–water partition coefficient (Wildman–Crippen LogP) is 4.63. The average Bonchev–Trinajstić information content (AvgIpc) is 3.06. The lowest BCUT2D eigenvalue weighted by Crippen LogP contribution is -2.44. The normalized spacial score (nSPS) is 25.5. The summed E-state index contributed by atoms with van der Waals surface area (Å²) in [6, 6.07) is 3.04. The van der Waals surface area contributed by atoms with Crippen molar-refractivity contribution in [1.82, 2.24) is 19.8 Å². The van der Waals surface area contributed by atoms with Crippen molar-refractivity contribution >= 4 is 16.9 Å². The van der Waals surface area contributed by atoms with Gasteiger partial charge in [0.2, 0.25) is 5.92 Å². The summed E-state index contributed by atoms with van der Waals surface area (Å²) in [5.74, 6) is -2.06. The molecular formula is C23H29F3N4O. The second-order valence-corrected chi connectivity index (χ2v) is 9.33. The first-order valence-corrected chi connectivity index (χ1v) is 11.5. The molecule has 1 aromatic heterocycles. The van der Waals surface area contributed by atoms with Gasteiger partial charge in [0.05, 0.1) is 22.6 Å². The van der Waals surface area contributed by atoms with E-state index in [9.17, 15) is 18.0 Å². The smallest absolute Gasteiger partial charge is 0.253 e. The van der Waals surface area contributed by atoms with Gasteiger partial charge in [-0.25, -0.2) is 18.2 Å². The van der Waals surface area contributed by atoms with E-state index in [0.717, 1.165) is 43.7 Å². The van der Waals surface area contributed by atoms with Crippen LogP contribution in [0.4, 0.5) is 13.2 Å². The van der Waals surface area contributed by atoms with Crippen LogP contribution in [0, 0.1) is 5.82 Å². The number of hydrogen-bond acceptors (Lipinski definition) is 3. The van der Waals surface area contributed by atoms with Gasteiger partial charge in [0.1, 0.15) is 11.6 Å². The first-order chi connectivity index (χ1) is 14.9. The minimum absolute atomic E-state index is 0.0130. The third-order valence-corrected chi connectivity index (χ3v) is 7.45. The molecule has 1 aromatic carbocycles. The lowest BCUT2D eigenvalue weighted by atomic mass is 9.88. The highest BCUT2D eigenvalue weighted by atomic mass is 19.3. The molecule has 2 aromatic rings. The fourth-order valence-electron chi connectivity index (χ4n) is 5.68. The molecule has 31 heavy (non-hydrogen) atoms. The summed E-state index contributed by atoms with van der Waals surface area (Å²) in [6.07, 6.45) is 3.72. The van der Waals surface area contributed by atoms with E-state index < -0.39 is 11.7 Å². The average molecular weight is 435 g/mol. The lowest BCUT2D eigenvalue weighted by Gasteiger charge is -2.40. The predicted molar refractivity (Wildman–Crippen MR) is 112 cm³/mol. The summed E-state index contributed by atoms with van der Waals surface area (Å²) in [5.41, 5.74) is 1.62. The van der Waals surface area contributed by atoms with Crippen LogP contribution in [0.2, 0.25) is 0 Å². The van der Waals surface area contributed by atoms with Crippen LogP contribution in [-0.2, 0) is 0 Å². The van der Waals surface area contributed by atoms with E-state index in [1.54, 1.807) is 0 Å². The Labute approximate surface area is 180 Å². The standard InChI is InChI=1S/C23H29F3N4O/c1-2-16-13-27-22(31)18-11-15(24)12-19-20(18)30(16)21(28-19)14-5-9-29(10-6-14)17-3-7-23(25,26)8-4-17/h11-12,14,16-17H,2-10,13H2,1H3,(H,27,31). The molecule has 2 aliphatic heterocycles. The number of imidazole rings is 1. The summed E-state index contributed by atoms with van der Waals surface area (Å²) >= 11 is 0. The van der Waals surface area contributed by atoms with Crippen molar-refractivity contribution in [2.75, 3.05) is 19.6 Å². The molecule has 1 atom stereocenters. The first-order valence-electron chi connectivity index (χ1n) is 11.5. The number of aromatic nitrogens is 2. The molecule has 1 amide bonds. The highest BCUT2D eigenvalue weighted by Crippen LogP contribution is 2.39. The molecule has 1 saturated heterocycles. The molecule has 0 bridgehead atoms. The van der Waals surface area contributed by atoms with Crippen LogP contribution >= 0.6 is 0 Å². The third-order valence-electron chi connectivity index (χ3n) is 7.45. The topological polar surface area (TPSA) is 50.2 Å². The van der Waals surface area contributed by atoms with Gasteiger partial charge in [-0.15, -0.1) is 0 Å². The number of benzene rings is 1. The van der Waals surface area contributed by atoms with Gasteiger partial charge < -0.3 is 14.8 Å². The number of nitrogens with one attached hydrogen (secondary N) is 1. The van der Waals surface area contributed by atoms with Crippen LogP contribution in [-0.4, -0.2) is 52.0 Å². The van der Waals surface area contributed by atoms with Crippen molar-refractivity contribution in [3.63, 3.8) is 0 Å². The maximum absolute atomic E-state index is 14.2. The van der Waals surface area contributed by atoms with E-state index in [1.165, 1.54) is 12.1 Å². The summed E-state index contributed by atoms with van der Waals surface area (Å²) in [5, 5.41) is 2.93. The number of carbonyl (C=O) groups excluding carboxylic acids is 1. The Kier molecular flexibility index (Phi) is 5.23. The Morgan fingerprint density at radius 2 is 1.87 bits per heavy atom. The van der Waals surface area contributed by atoms with Gasteiger partial charge in [-0.1, -0.05) is 6.92 Å². The summed E-state index contributed by atoms with van der Waals surface area (Å²) < 4.78 is 43.4. The molecule has 1 saturated carbocycles. The number of alkyl halides is 2. The Hall–Kier alpha value is -2.09. The third kappa shape index (κ3) is 3.73. The van der Waals surface area contributed by atoms with Crippen molar-refractivity contribution in [1.29, 1.82) is 0 Å². The van der Waals surface area contributed by atoms with Crippen LogP contribution in [0.25, 0.3) is 11.0 Å². The Balaban J connectivity index is 1.42. The van der Waals surface area contributed by atoms with E-state index in [0.29, 0.717) is 30.5 Å². The van der Waals surface area contributed by atoms with Gasteiger partial charge >= 0.3 is 0 Å². The first kappa shape index (κ1) is 20.8. The van der Waals surface area contributed by atoms with E-state index in [4.69, 9.17) is 4.98 Å². The molecule has 168 valence electrons. The van der Waals surface area contributed by atoms with Crippen LogP contribution < -0.4 is 5.32 Å². The van der Waals surface area contributed by atoms with Crippen molar-refractivity contribution in [2.45, 2.75) is 75.8 Å². The maximum Gasteiger partial charge on any atom is 0.253 e. The molecule has 3 heterocycles. The number of amides is 1.